The Bertz CT molecular complexity index is 383. The predicted molar refractivity (Wildman–Crippen MR) is 73.2 cm³/mol. The molecule has 1 aliphatic rings. The van der Waals surface area contributed by atoms with Crippen molar-refractivity contribution in [1.82, 2.24) is 4.98 Å². The molecule has 0 radical (unpaired) electrons. The lowest BCUT2D eigenvalue weighted by atomic mass is 9.82. The summed E-state index contributed by atoms with van der Waals surface area (Å²) in [6, 6.07) is 4.09. The van der Waals surface area contributed by atoms with Crippen molar-refractivity contribution in [3.63, 3.8) is 0 Å². The van der Waals surface area contributed by atoms with Crippen LogP contribution in [0.2, 0.25) is 0 Å². The number of aliphatic hydroxyl groups is 1. The second-order valence-electron chi connectivity index (χ2n) is 5.01. The third-order valence-electron chi connectivity index (χ3n) is 3.69. The number of hydrogen-bond donors (Lipinski definition) is 1. The molecular formula is C15H23NO3. The number of fused-ring (bicyclic) bond motifs is 1. The summed E-state index contributed by atoms with van der Waals surface area (Å²) in [5.74, 6) is 0.163. The minimum Gasteiger partial charge on any atom is -0.392 e. The van der Waals surface area contributed by atoms with E-state index in [4.69, 9.17) is 9.47 Å². The lowest BCUT2D eigenvalue weighted by Crippen LogP contribution is -2.25. The summed E-state index contributed by atoms with van der Waals surface area (Å²) >= 11 is 0. The highest BCUT2D eigenvalue weighted by molar-refractivity contribution is 5.26. The van der Waals surface area contributed by atoms with Gasteiger partial charge in [0.25, 0.3) is 0 Å². The number of ether oxygens (including phenoxy) is 2. The zero-order valence-corrected chi connectivity index (χ0v) is 11.5. The molecule has 0 fully saturated rings. The molecule has 1 N–H and O–H groups in total. The Morgan fingerprint density at radius 1 is 1.42 bits per heavy atom. The van der Waals surface area contributed by atoms with Crippen molar-refractivity contribution in [3.05, 3.63) is 29.6 Å². The van der Waals surface area contributed by atoms with Gasteiger partial charge in [0.1, 0.15) is 0 Å². The molecule has 1 aliphatic carbocycles. The Balaban J connectivity index is 1.84. The molecule has 2 unspecified atom stereocenters. The van der Waals surface area contributed by atoms with Gasteiger partial charge in [0, 0.05) is 31.5 Å². The molecule has 1 heterocycles. The fourth-order valence-electron chi connectivity index (χ4n) is 2.67. The molecular weight excluding hydrogens is 242 g/mol. The Labute approximate surface area is 114 Å². The van der Waals surface area contributed by atoms with Gasteiger partial charge in [0.05, 0.1) is 19.3 Å². The van der Waals surface area contributed by atoms with Crippen LogP contribution >= 0.6 is 0 Å². The number of aromatic nitrogens is 1. The first-order chi connectivity index (χ1) is 9.33. The second-order valence-corrected chi connectivity index (χ2v) is 5.01. The van der Waals surface area contributed by atoms with Gasteiger partial charge in [0.15, 0.2) is 0 Å². The first-order valence-electron chi connectivity index (χ1n) is 7.01. The average Bonchev–Trinajstić information content (AvgIpc) is 2.46. The first-order valence-corrected chi connectivity index (χ1v) is 7.01. The number of rotatable bonds is 7. The van der Waals surface area contributed by atoms with Crippen LogP contribution in [0.4, 0.5) is 0 Å². The first kappa shape index (κ1) is 14.4. The summed E-state index contributed by atoms with van der Waals surface area (Å²) in [6.07, 6.45) is 5.34. The molecule has 0 spiro atoms. The van der Waals surface area contributed by atoms with Crippen molar-refractivity contribution in [2.75, 3.05) is 26.9 Å². The Hall–Kier alpha value is -0.970. The van der Waals surface area contributed by atoms with Crippen LogP contribution in [-0.2, 0) is 15.9 Å². The van der Waals surface area contributed by atoms with E-state index < -0.39 is 0 Å². The van der Waals surface area contributed by atoms with Gasteiger partial charge < -0.3 is 14.6 Å². The summed E-state index contributed by atoms with van der Waals surface area (Å²) in [4.78, 5) is 4.46. The third kappa shape index (κ3) is 4.00. The third-order valence-corrected chi connectivity index (χ3v) is 3.69. The van der Waals surface area contributed by atoms with E-state index in [1.807, 2.05) is 12.3 Å². The zero-order valence-electron chi connectivity index (χ0n) is 11.5. The smallest absolute Gasteiger partial charge is 0.0700 e. The van der Waals surface area contributed by atoms with E-state index in [9.17, 15) is 5.11 Å². The van der Waals surface area contributed by atoms with Crippen molar-refractivity contribution in [1.29, 1.82) is 0 Å². The fourth-order valence-corrected chi connectivity index (χ4v) is 2.67. The highest BCUT2D eigenvalue weighted by Crippen LogP contribution is 2.33. The minimum atomic E-state index is -0.364. The van der Waals surface area contributed by atoms with Crippen LogP contribution in [0.25, 0.3) is 0 Å². The summed E-state index contributed by atoms with van der Waals surface area (Å²) in [6.45, 7) is 1.76. The maximum absolute atomic E-state index is 10.3. The zero-order chi connectivity index (χ0) is 13.5. The molecule has 0 saturated carbocycles. The maximum atomic E-state index is 10.3. The van der Waals surface area contributed by atoms with Crippen molar-refractivity contribution >= 4 is 0 Å². The van der Waals surface area contributed by atoms with Gasteiger partial charge in [-0.05, 0) is 37.3 Å². The summed E-state index contributed by atoms with van der Waals surface area (Å²) < 4.78 is 10.3. The van der Waals surface area contributed by atoms with Crippen molar-refractivity contribution in [2.45, 2.75) is 37.7 Å². The summed E-state index contributed by atoms with van der Waals surface area (Å²) in [5, 5.41) is 10.3. The van der Waals surface area contributed by atoms with Gasteiger partial charge in [-0.2, -0.15) is 0 Å². The molecule has 2 rings (SSSR count). The van der Waals surface area contributed by atoms with Gasteiger partial charge in [-0.3, -0.25) is 4.98 Å². The molecule has 0 amide bonds. The molecule has 1 aromatic heterocycles. The largest absolute Gasteiger partial charge is 0.392 e. The van der Waals surface area contributed by atoms with Gasteiger partial charge in [-0.25, -0.2) is 0 Å². The Kier molecular flexibility index (Phi) is 5.76. The van der Waals surface area contributed by atoms with Crippen molar-refractivity contribution in [3.8, 4) is 0 Å². The average molecular weight is 265 g/mol. The summed E-state index contributed by atoms with van der Waals surface area (Å²) in [7, 11) is 1.66. The van der Waals surface area contributed by atoms with Crippen LogP contribution in [0, 0.1) is 0 Å². The highest BCUT2D eigenvalue weighted by atomic mass is 16.5. The number of pyridine rings is 1. The van der Waals surface area contributed by atoms with Gasteiger partial charge in [-0.1, -0.05) is 6.07 Å². The molecule has 0 saturated heterocycles. The molecule has 2 atom stereocenters. The quantitative estimate of drug-likeness (QED) is 0.765. The van der Waals surface area contributed by atoms with Crippen LogP contribution in [-0.4, -0.2) is 43.1 Å². The van der Waals surface area contributed by atoms with Crippen LogP contribution in [0.1, 0.15) is 36.4 Å². The number of hydrogen-bond acceptors (Lipinski definition) is 4. The molecule has 0 aromatic carbocycles. The number of aryl methyl sites for hydroxylation is 1. The normalized spacial score (nSPS) is 20.0. The van der Waals surface area contributed by atoms with E-state index in [0.717, 1.165) is 25.0 Å². The molecule has 4 nitrogen and oxygen atoms in total. The molecule has 4 heteroatoms. The van der Waals surface area contributed by atoms with E-state index in [1.54, 1.807) is 7.11 Å². The number of aliphatic hydroxyl groups excluding tert-OH is 1. The SMILES string of the molecule is COCCOCCC(O)C1CCCc2cccnc21. The number of nitrogens with zero attached hydrogens (tertiary/aromatic N) is 1. The topological polar surface area (TPSA) is 51.6 Å². The van der Waals surface area contributed by atoms with Crippen LogP contribution in [0.15, 0.2) is 18.3 Å². The van der Waals surface area contributed by atoms with E-state index in [-0.39, 0.29) is 12.0 Å². The van der Waals surface area contributed by atoms with E-state index in [2.05, 4.69) is 11.1 Å². The lowest BCUT2D eigenvalue weighted by Gasteiger charge is -2.28. The molecule has 0 bridgehead atoms. The standard InChI is InChI=1S/C15H23NO3/c1-18-10-11-19-9-7-14(17)13-6-2-4-12-5-3-8-16-15(12)13/h3,5,8,13-14,17H,2,4,6-7,9-11H2,1H3. The van der Waals surface area contributed by atoms with E-state index in [1.165, 1.54) is 5.56 Å². The predicted octanol–water partition coefficient (Wildman–Crippen LogP) is 1.92. The Morgan fingerprint density at radius 3 is 3.16 bits per heavy atom. The van der Waals surface area contributed by atoms with Crippen LogP contribution in [0.5, 0.6) is 0 Å². The maximum Gasteiger partial charge on any atom is 0.0700 e. The van der Waals surface area contributed by atoms with Crippen LogP contribution < -0.4 is 0 Å². The monoisotopic (exact) mass is 265 g/mol. The number of methoxy groups -OCH3 is 1. The van der Waals surface area contributed by atoms with Gasteiger partial charge in [0.2, 0.25) is 0 Å². The molecule has 106 valence electrons. The fraction of sp³-hybridized carbons (Fsp3) is 0.667. The Morgan fingerprint density at radius 2 is 2.32 bits per heavy atom. The summed E-state index contributed by atoms with van der Waals surface area (Å²) in [5.41, 5.74) is 2.37. The van der Waals surface area contributed by atoms with Gasteiger partial charge >= 0.3 is 0 Å². The van der Waals surface area contributed by atoms with Crippen LogP contribution in [0.3, 0.4) is 0 Å². The molecule has 0 aliphatic heterocycles. The van der Waals surface area contributed by atoms with Crippen molar-refractivity contribution in [2.24, 2.45) is 0 Å². The second kappa shape index (κ2) is 7.58. The minimum absolute atomic E-state index is 0.163. The molecule has 19 heavy (non-hydrogen) atoms. The van der Waals surface area contributed by atoms with E-state index >= 15 is 0 Å². The molecule has 1 aromatic rings. The van der Waals surface area contributed by atoms with Gasteiger partial charge in [-0.15, -0.1) is 0 Å². The van der Waals surface area contributed by atoms with Crippen molar-refractivity contribution < 1.29 is 14.6 Å². The lowest BCUT2D eigenvalue weighted by molar-refractivity contribution is 0.0390. The highest BCUT2D eigenvalue weighted by Gasteiger charge is 2.27. The van der Waals surface area contributed by atoms with E-state index in [0.29, 0.717) is 26.2 Å².